The zero-order valence-electron chi connectivity index (χ0n) is 13.9. The largest absolute Gasteiger partial charge is 0.465 e. The maximum Gasteiger partial charge on any atom is 0.317 e. The first-order chi connectivity index (χ1) is 12.2. The molecule has 2 rings (SSSR count). The highest BCUT2D eigenvalue weighted by atomic mass is 35.5. The standard InChI is InChI=1S/C17H17Cl2NO6/c1-2-26-16(22)15-10(6-14(18)19)8-17(23,9-13(15)21)11-4-3-5-12(7-11)20(24)25/h3-7,10,15,23H,2,8-9H2,1H3/t10-,15+,17-/m1/s1. The number of hydrogen-bond donors (Lipinski definition) is 1. The van der Waals surface area contributed by atoms with Gasteiger partial charge in [-0.25, -0.2) is 0 Å². The summed E-state index contributed by atoms with van der Waals surface area (Å²) in [6.45, 7) is 1.72. The van der Waals surface area contributed by atoms with Crippen molar-refractivity contribution in [2.45, 2.75) is 25.4 Å². The number of allylic oxidation sites excluding steroid dienone is 1. The van der Waals surface area contributed by atoms with Crippen molar-refractivity contribution < 1.29 is 24.4 Å². The van der Waals surface area contributed by atoms with Gasteiger partial charge in [0, 0.05) is 24.5 Å². The third-order valence-corrected chi connectivity index (χ3v) is 4.54. The number of carbonyl (C=O) groups excluding carboxylic acids is 2. The number of esters is 1. The van der Waals surface area contributed by atoms with E-state index in [1.165, 1.54) is 30.3 Å². The second kappa shape index (κ2) is 8.16. The lowest BCUT2D eigenvalue weighted by Gasteiger charge is -2.38. The number of hydrogen-bond acceptors (Lipinski definition) is 6. The van der Waals surface area contributed by atoms with Crippen LogP contribution in [0.3, 0.4) is 0 Å². The molecule has 9 heteroatoms. The van der Waals surface area contributed by atoms with Crippen LogP contribution in [0.5, 0.6) is 0 Å². The van der Waals surface area contributed by atoms with E-state index in [9.17, 15) is 24.8 Å². The molecule has 1 saturated carbocycles. The van der Waals surface area contributed by atoms with Gasteiger partial charge in [-0.15, -0.1) is 0 Å². The van der Waals surface area contributed by atoms with Gasteiger partial charge in [0.25, 0.3) is 5.69 Å². The molecule has 7 nitrogen and oxygen atoms in total. The Kier molecular flexibility index (Phi) is 6.39. The predicted octanol–water partition coefficient (Wildman–Crippen LogP) is 3.26. The van der Waals surface area contributed by atoms with Crippen LogP contribution in [0.15, 0.2) is 34.8 Å². The number of Topliss-reactive ketones (excluding diaryl/α,β-unsaturated/α-hetero) is 1. The van der Waals surface area contributed by atoms with Crippen LogP contribution < -0.4 is 0 Å². The van der Waals surface area contributed by atoms with Crippen molar-refractivity contribution in [1.29, 1.82) is 0 Å². The lowest BCUT2D eigenvalue weighted by molar-refractivity contribution is -0.385. The Labute approximate surface area is 159 Å². The molecule has 1 aliphatic carbocycles. The molecular weight excluding hydrogens is 385 g/mol. The molecule has 1 fully saturated rings. The van der Waals surface area contributed by atoms with Gasteiger partial charge in [0.15, 0.2) is 5.78 Å². The van der Waals surface area contributed by atoms with Crippen LogP contribution in [0.4, 0.5) is 5.69 Å². The van der Waals surface area contributed by atoms with Gasteiger partial charge < -0.3 is 9.84 Å². The highest BCUT2D eigenvalue weighted by molar-refractivity contribution is 6.55. The molecule has 0 spiro atoms. The summed E-state index contributed by atoms with van der Waals surface area (Å²) in [5, 5.41) is 22.0. The number of aliphatic hydroxyl groups is 1. The molecule has 0 aromatic heterocycles. The molecule has 1 N–H and O–H groups in total. The van der Waals surface area contributed by atoms with Gasteiger partial charge in [-0.05, 0) is 25.0 Å². The number of nitro benzene ring substituents is 1. The first-order valence-corrected chi connectivity index (χ1v) is 8.63. The molecule has 0 saturated heterocycles. The first kappa shape index (κ1) is 20.4. The lowest BCUT2D eigenvalue weighted by Crippen LogP contribution is -2.45. The van der Waals surface area contributed by atoms with E-state index in [-0.39, 0.29) is 35.2 Å². The summed E-state index contributed by atoms with van der Waals surface area (Å²) in [5.74, 6) is -3.19. The van der Waals surface area contributed by atoms with Crippen molar-refractivity contribution in [3.63, 3.8) is 0 Å². The highest BCUT2D eigenvalue weighted by Crippen LogP contribution is 2.43. The van der Waals surface area contributed by atoms with E-state index < -0.39 is 34.1 Å². The molecule has 140 valence electrons. The van der Waals surface area contributed by atoms with Crippen LogP contribution in [0, 0.1) is 22.0 Å². The Morgan fingerprint density at radius 2 is 2.19 bits per heavy atom. The number of ketones is 1. The normalized spacial score (nSPS) is 25.5. The van der Waals surface area contributed by atoms with Crippen molar-refractivity contribution in [3.05, 3.63) is 50.5 Å². The minimum atomic E-state index is -1.68. The van der Waals surface area contributed by atoms with Gasteiger partial charge in [0.2, 0.25) is 0 Å². The van der Waals surface area contributed by atoms with Crippen molar-refractivity contribution in [3.8, 4) is 0 Å². The molecule has 0 bridgehead atoms. The van der Waals surface area contributed by atoms with Gasteiger partial charge in [0.05, 0.1) is 17.1 Å². The van der Waals surface area contributed by atoms with Crippen LogP contribution in [-0.4, -0.2) is 28.4 Å². The van der Waals surface area contributed by atoms with Crippen molar-refractivity contribution >= 4 is 40.6 Å². The number of rotatable bonds is 5. The summed E-state index contributed by atoms with van der Waals surface area (Å²) in [6.07, 6.45) is 0.873. The number of halogens is 2. The summed E-state index contributed by atoms with van der Waals surface area (Å²) in [4.78, 5) is 35.1. The SMILES string of the molecule is CCOC(=O)[C@@H]1C(=O)C[C@@](O)(c2cccc([N+](=O)[O-])c2)C[C@H]1C=C(Cl)Cl. The number of carbonyl (C=O) groups is 2. The molecule has 0 heterocycles. The Balaban J connectivity index is 2.43. The minimum absolute atomic E-state index is 0.0632. The van der Waals surface area contributed by atoms with Gasteiger partial charge in [-0.1, -0.05) is 35.3 Å². The quantitative estimate of drug-likeness (QED) is 0.351. The molecule has 1 aromatic carbocycles. The average molecular weight is 402 g/mol. The van der Waals surface area contributed by atoms with Crippen molar-refractivity contribution in [2.75, 3.05) is 6.61 Å². The van der Waals surface area contributed by atoms with Gasteiger partial charge >= 0.3 is 5.97 Å². The van der Waals surface area contributed by atoms with Crippen LogP contribution >= 0.6 is 23.2 Å². The topological polar surface area (TPSA) is 107 Å². The molecule has 1 aromatic rings. The first-order valence-electron chi connectivity index (χ1n) is 7.87. The number of ether oxygens (including phenoxy) is 1. The maximum absolute atomic E-state index is 12.6. The van der Waals surface area contributed by atoms with E-state index in [0.717, 1.165) is 0 Å². The molecule has 3 atom stereocenters. The summed E-state index contributed by atoms with van der Waals surface area (Å²) in [5.41, 5.74) is -1.68. The highest BCUT2D eigenvalue weighted by Gasteiger charge is 2.48. The summed E-state index contributed by atoms with van der Waals surface area (Å²) in [6, 6.07) is 5.41. The molecule has 26 heavy (non-hydrogen) atoms. The summed E-state index contributed by atoms with van der Waals surface area (Å²) >= 11 is 11.4. The number of nitrogens with zero attached hydrogens (tertiary/aromatic N) is 1. The van der Waals surface area contributed by atoms with Gasteiger partial charge in [-0.3, -0.25) is 19.7 Å². The molecule has 1 aliphatic rings. The number of benzene rings is 1. The summed E-state index contributed by atoms with van der Waals surface area (Å²) < 4.78 is 4.79. The Morgan fingerprint density at radius 1 is 1.50 bits per heavy atom. The molecule has 0 amide bonds. The monoisotopic (exact) mass is 401 g/mol. The Morgan fingerprint density at radius 3 is 2.77 bits per heavy atom. The second-order valence-electron chi connectivity index (χ2n) is 6.04. The van der Waals surface area contributed by atoms with E-state index in [1.807, 2.05) is 0 Å². The molecule has 0 aliphatic heterocycles. The molecular formula is C17H17Cl2NO6. The zero-order chi connectivity index (χ0) is 19.5. The third-order valence-electron chi connectivity index (χ3n) is 4.29. The fourth-order valence-electron chi connectivity index (χ4n) is 3.20. The lowest BCUT2D eigenvalue weighted by atomic mass is 9.68. The van der Waals surface area contributed by atoms with E-state index >= 15 is 0 Å². The van der Waals surface area contributed by atoms with E-state index in [1.54, 1.807) is 6.92 Å². The van der Waals surface area contributed by atoms with Gasteiger partial charge in [0.1, 0.15) is 10.4 Å². The number of non-ortho nitro benzene ring substituents is 1. The fourth-order valence-corrected chi connectivity index (χ4v) is 3.52. The average Bonchev–Trinajstić information content (AvgIpc) is 2.54. The van der Waals surface area contributed by atoms with E-state index in [2.05, 4.69) is 0 Å². The second-order valence-corrected chi connectivity index (χ2v) is 7.04. The number of nitro groups is 1. The van der Waals surface area contributed by atoms with Crippen LogP contribution in [0.25, 0.3) is 0 Å². The van der Waals surface area contributed by atoms with Crippen LogP contribution in [0.2, 0.25) is 0 Å². The molecule has 0 unspecified atom stereocenters. The van der Waals surface area contributed by atoms with Crippen LogP contribution in [0.1, 0.15) is 25.3 Å². The molecule has 0 radical (unpaired) electrons. The summed E-state index contributed by atoms with van der Waals surface area (Å²) in [7, 11) is 0. The zero-order valence-corrected chi connectivity index (χ0v) is 15.4. The van der Waals surface area contributed by atoms with E-state index in [4.69, 9.17) is 27.9 Å². The fraction of sp³-hybridized carbons (Fsp3) is 0.412. The maximum atomic E-state index is 12.6. The van der Waals surface area contributed by atoms with Crippen molar-refractivity contribution in [1.82, 2.24) is 0 Å². The van der Waals surface area contributed by atoms with Crippen molar-refractivity contribution in [2.24, 2.45) is 11.8 Å². The predicted molar refractivity (Wildman–Crippen MR) is 94.6 cm³/mol. The Bertz CT molecular complexity index is 761. The van der Waals surface area contributed by atoms with Crippen LogP contribution in [-0.2, 0) is 19.9 Å². The minimum Gasteiger partial charge on any atom is -0.465 e. The Hall–Kier alpha value is -1.96. The third kappa shape index (κ3) is 4.41. The van der Waals surface area contributed by atoms with Gasteiger partial charge in [-0.2, -0.15) is 0 Å². The van der Waals surface area contributed by atoms with E-state index in [0.29, 0.717) is 0 Å². The smallest absolute Gasteiger partial charge is 0.317 e.